The van der Waals surface area contributed by atoms with Crippen molar-refractivity contribution >= 4 is 17.7 Å². The zero-order chi connectivity index (χ0) is 11.1. The van der Waals surface area contributed by atoms with Crippen LogP contribution in [0, 0.1) is 10.7 Å². The lowest BCUT2D eigenvalue weighted by molar-refractivity contribution is -0.142. The minimum Gasteiger partial charge on any atom is -0.450 e. The number of hydrogen-bond acceptors (Lipinski definition) is 4. The molecule has 78 valence electrons. The molecule has 0 aliphatic carbocycles. The van der Waals surface area contributed by atoms with Gasteiger partial charge in [-0.3, -0.25) is 4.79 Å². The van der Waals surface area contributed by atoms with Crippen molar-refractivity contribution in [2.24, 2.45) is 0 Å². The molecular formula is C11H11NO2S. The zero-order valence-corrected chi connectivity index (χ0v) is 9.16. The smallest absolute Gasteiger partial charge is 0.303 e. The van der Waals surface area contributed by atoms with E-state index in [0.29, 0.717) is 6.42 Å². The molecule has 0 aromatic heterocycles. The van der Waals surface area contributed by atoms with Crippen molar-refractivity contribution in [3.63, 3.8) is 0 Å². The predicted molar refractivity (Wildman–Crippen MR) is 58.9 cm³/mol. The summed E-state index contributed by atoms with van der Waals surface area (Å²) in [6.07, 6.45) is 0.554. The third kappa shape index (κ3) is 4.52. The molecule has 0 bridgehead atoms. The Balaban J connectivity index is 2.59. The molecule has 0 amide bonds. The molecule has 0 radical (unpaired) electrons. The third-order valence-corrected chi connectivity index (χ3v) is 2.36. The normalized spacial score (nSPS) is 11.5. The van der Waals surface area contributed by atoms with Gasteiger partial charge < -0.3 is 4.74 Å². The fourth-order valence-electron chi connectivity index (χ4n) is 1.16. The Morgan fingerprint density at radius 3 is 2.73 bits per heavy atom. The lowest BCUT2D eigenvalue weighted by atomic mass is 10.2. The minimum atomic E-state index is -0.421. The number of rotatable bonds is 4. The number of carbonyl (C=O) groups is 1. The Morgan fingerprint density at radius 2 is 2.20 bits per heavy atom. The first kappa shape index (κ1) is 11.6. The van der Waals surface area contributed by atoms with E-state index in [0.717, 1.165) is 17.3 Å². The fourth-order valence-corrected chi connectivity index (χ4v) is 1.73. The summed E-state index contributed by atoms with van der Waals surface area (Å²) in [4.78, 5) is 10.8. The molecule has 0 saturated carbocycles. The molecule has 0 spiro atoms. The first-order chi connectivity index (χ1) is 7.22. The third-order valence-electron chi connectivity index (χ3n) is 1.73. The molecule has 1 aromatic carbocycles. The van der Waals surface area contributed by atoms with Crippen molar-refractivity contribution in [1.29, 1.82) is 5.26 Å². The first-order valence-electron chi connectivity index (χ1n) is 4.48. The number of nitrogens with zero attached hydrogens (tertiary/aromatic N) is 1. The number of esters is 1. The number of ether oxygens (including phenoxy) is 1. The van der Waals surface area contributed by atoms with Crippen LogP contribution in [0.1, 0.15) is 12.5 Å². The van der Waals surface area contributed by atoms with Crippen LogP contribution in [0.15, 0.2) is 30.3 Å². The van der Waals surface area contributed by atoms with Crippen LogP contribution < -0.4 is 0 Å². The summed E-state index contributed by atoms with van der Waals surface area (Å²) in [6, 6.07) is 9.62. The Hall–Kier alpha value is -1.47. The maximum atomic E-state index is 10.8. The molecular weight excluding hydrogens is 210 g/mol. The van der Waals surface area contributed by atoms with Gasteiger partial charge in [-0.1, -0.05) is 30.3 Å². The van der Waals surface area contributed by atoms with E-state index in [1.807, 2.05) is 35.7 Å². The lowest BCUT2D eigenvalue weighted by Crippen LogP contribution is -2.14. The van der Waals surface area contributed by atoms with Crippen molar-refractivity contribution in [1.82, 2.24) is 0 Å². The number of hydrogen-bond donors (Lipinski definition) is 0. The van der Waals surface area contributed by atoms with Crippen LogP contribution in [-0.2, 0) is 16.0 Å². The van der Waals surface area contributed by atoms with Gasteiger partial charge >= 0.3 is 5.97 Å². The van der Waals surface area contributed by atoms with Gasteiger partial charge in [0.2, 0.25) is 0 Å². The van der Waals surface area contributed by atoms with E-state index in [4.69, 9.17) is 10.00 Å². The summed E-state index contributed by atoms with van der Waals surface area (Å²) in [6.45, 7) is 1.34. The van der Waals surface area contributed by atoms with E-state index in [1.165, 1.54) is 6.92 Å². The monoisotopic (exact) mass is 221 g/mol. The van der Waals surface area contributed by atoms with E-state index in [2.05, 4.69) is 0 Å². The van der Waals surface area contributed by atoms with Crippen molar-refractivity contribution < 1.29 is 9.53 Å². The van der Waals surface area contributed by atoms with E-state index in [1.54, 1.807) is 0 Å². The molecule has 0 N–H and O–H groups in total. The minimum absolute atomic E-state index is 0.362. The van der Waals surface area contributed by atoms with E-state index in [-0.39, 0.29) is 5.97 Å². The Labute approximate surface area is 93.0 Å². The second-order valence-electron chi connectivity index (χ2n) is 2.94. The molecule has 1 rings (SSSR count). The first-order valence-corrected chi connectivity index (χ1v) is 5.36. The number of thioether (sulfide) groups is 1. The van der Waals surface area contributed by atoms with Crippen molar-refractivity contribution in [3.8, 4) is 5.40 Å². The summed E-state index contributed by atoms with van der Waals surface area (Å²) < 4.78 is 5.00. The summed E-state index contributed by atoms with van der Waals surface area (Å²) in [7, 11) is 0. The highest BCUT2D eigenvalue weighted by Gasteiger charge is 2.13. The average molecular weight is 221 g/mol. The predicted octanol–water partition coefficient (Wildman–Crippen LogP) is 2.33. The largest absolute Gasteiger partial charge is 0.450 e. The molecule has 15 heavy (non-hydrogen) atoms. The lowest BCUT2D eigenvalue weighted by Gasteiger charge is -2.12. The number of nitriles is 1. The molecule has 0 saturated heterocycles. The van der Waals surface area contributed by atoms with Gasteiger partial charge in [0, 0.05) is 13.3 Å². The highest BCUT2D eigenvalue weighted by molar-refractivity contribution is 8.04. The van der Waals surface area contributed by atoms with Crippen LogP contribution in [0.4, 0.5) is 0 Å². The number of benzene rings is 1. The second-order valence-corrected chi connectivity index (χ2v) is 3.88. The second kappa shape index (κ2) is 6.10. The van der Waals surface area contributed by atoms with Gasteiger partial charge in [-0.25, -0.2) is 0 Å². The van der Waals surface area contributed by atoms with E-state index in [9.17, 15) is 4.79 Å². The fraction of sp³-hybridized carbons (Fsp3) is 0.273. The maximum absolute atomic E-state index is 10.8. The van der Waals surface area contributed by atoms with Crippen LogP contribution in [0.5, 0.6) is 0 Å². The highest BCUT2D eigenvalue weighted by Crippen LogP contribution is 2.16. The van der Waals surface area contributed by atoms with Gasteiger partial charge in [0.25, 0.3) is 0 Å². The quantitative estimate of drug-likeness (QED) is 0.445. The topological polar surface area (TPSA) is 50.1 Å². The molecule has 0 heterocycles. The van der Waals surface area contributed by atoms with Crippen molar-refractivity contribution in [3.05, 3.63) is 35.9 Å². The molecule has 0 fully saturated rings. The Morgan fingerprint density at radius 1 is 1.53 bits per heavy atom. The molecule has 1 atom stereocenters. The highest BCUT2D eigenvalue weighted by atomic mass is 32.2. The van der Waals surface area contributed by atoms with Gasteiger partial charge in [-0.05, 0) is 17.3 Å². The number of carbonyl (C=O) groups excluding carboxylic acids is 1. The summed E-state index contributed by atoms with van der Waals surface area (Å²) in [5, 5.41) is 10.5. The van der Waals surface area contributed by atoms with E-state index < -0.39 is 5.44 Å². The van der Waals surface area contributed by atoms with Gasteiger partial charge in [0.05, 0.1) is 0 Å². The maximum Gasteiger partial charge on any atom is 0.303 e. The number of thiocyanates is 1. The Kier molecular flexibility index (Phi) is 4.72. The van der Waals surface area contributed by atoms with Gasteiger partial charge in [0.15, 0.2) is 5.44 Å². The molecule has 0 aliphatic rings. The SMILES string of the molecule is CC(=O)OC(Cc1ccccc1)SC#N. The van der Waals surface area contributed by atoms with Crippen molar-refractivity contribution in [2.45, 2.75) is 18.8 Å². The van der Waals surface area contributed by atoms with Gasteiger partial charge in [0.1, 0.15) is 5.40 Å². The summed E-state index contributed by atoms with van der Waals surface area (Å²) in [5.74, 6) is -0.362. The Bertz CT molecular complexity index is 359. The van der Waals surface area contributed by atoms with Crippen LogP contribution in [-0.4, -0.2) is 11.4 Å². The van der Waals surface area contributed by atoms with Crippen LogP contribution in [0.2, 0.25) is 0 Å². The van der Waals surface area contributed by atoms with Gasteiger partial charge in [-0.15, -0.1) is 0 Å². The summed E-state index contributed by atoms with van der Waals surface area (Å²) >= 11 is 0.962. The standard InChI is InChI=1S/C11H11NO2S/c1-9(13)14-11(15-8-12)7-10-5-3-2-4-6-10/h2-6,11H,7H2,1H3. The van der Waals surface area contributed by atoms with Crippen molar-refractivity contribution in [2.75, 3.05) is 0 Å². The molecule has 1 aromatic rings. The zero-order valence-electron chi connectivity index (χ0n) is 8.34. The van der Waals surface area contributed by atoms with Crippen LogP contribution in [0.25, 0.3) is 0 Å². The van der Waals surface area contributed by atoms with Crippen LogP contribution >= 0.6 is 11.8 Å². The van der Waals surface area contributed by atoms with E-state index >= 15 is 0 Å². The average Bonchev–Trinajstić information content (AvgIpc) is 2.18. The molecule has 3 nitrogen and oxygen atoms in total. The molecule has 1 unspecified atom stereocenters. The van der Waals surface area contributed by atoms with Gasteiger partial charge in [-0.2, -0.15) is 5.26 Å². The molecule has 4 heteroatoms. The summed E-state index contributed by atoms with van der Waals surface area (Å²) in [5.41, 5.74) is 0.626. The van der Waals surface area contributed by atoms with Crippen LogP contribution in [0.3, 0.4) is 0 Å². The molecule has 0 aliphatic heterocycles.